The fourth-order valence-corrected chi connectivity index (χ4v) is 4.25. The number of carbonyl (C=O) groups is 2. The van der Waals surface area contributed by atoms with E-state index in [0.717, 1.165) is 10.2 Å². The van der Waals surface area contributed by atoms with E-state index in [-0.39, 0.29) is 24.5 Å². The summed E-state index contributed by atoms with van der Waals surface area (Å²) in [6.45, 7) is 0.453. The third kappa shape index (κ3) is 3.67. The van der Waals surface area contributed by atoms with Gasteiger partial charge in [-0.1, -0.05) is 23.5 Å². The number of hydrogen-bond acceptors (Lipinski definition) is 7. The maximum atomic E-state index is 14.8. The molecule has 3 N–H and O–H groups in total. The molecule has 2 amide bonds. The third-order valence-corrected chi connectivity index (χ3v) is 5.94. The monoisotopic (exact) mass is 452 g/mol. The van der Waals surface area contributed by atoms with E-state index in [1.165, 1.54) is 45.5 Å². The van der Waals surface area contributed by atoms with Crippen LogP contribution in [0.15, 0.2) is 55.0 Å². The van der Waals surface area contributed by atoms with E-state index in [9.17, 15) is 14.0 Å². The minimum atomic E-state index is -0.581. The van der Waals surface area contributed by atoms with Crippen molar-refractivity contribution in [3.8, 4) is 5.69 Å². The van der Waals surface area contributed by atoms with Crippen molar-refractivity contribution in [1.82, 2.24) is 14.5 Å². The van der Waals surface area contributed by atoms with Gasteiger partial charge in [-0.05, 0) is 30.3 Å². The van der Waals surface area contributed by atoms with Crippen LogP contribution in [0.5, 0.6) is 0 Å². The van der Waals surface area contributed by atoms with Gasteiger partial charge in [0.2, 0.25) is 0 Å². The van der Waals surface area contributed by atoms with Crippen molar-refractivity contribution in [2.75, 3.05) is 23.3 Å². The van der Waals surface area contributed by atoms with Gasteiger partial charge >= 0.3 is 6.09 Å². The summed E-state index contributed by atoms with van der Waals surface area (Å²) in [5.41, 5.74) is 6.99. The molecule has 162 valence electrons. The number of cyclic esters (lactones) is 1. The Morgan fingerprint density at radius 2 is 2.16 bits per heavy atom. The lowest BCUT2D eigenvalue weighted by atomic mass is 10.2. The normalized spacial score (nSPS) is 15.9. The number of nitrogens with two attached hydrogens (primary N) is 1. The first kappa shape index (κ1) is 20.1. The molecule has 1 aliphatic rings. The van der Waals surface area contributed by atoms with Crippen LogP contribution >= 0.6 is 11.3 Å². The van der Waals surface area contributed by atoms with Crippen molar-refractivity contribution < 1.29 is 18.7 Å². The molecular formula is C21H17FN6O3S. The predicted octanol–water partition coefficient (Wildman–Crippen LogP) is 3.16. The number of nitrogens with one attached hydrogen (secondary N) is 1. The summed E-state index contributed by atoms with van der Waals surface area (Å²) in [4.78, 5) is 34.3. The number of benzene rings is 2. The van der Waals surface area contributed by atoms with Gasteiger partial charge in [0, 0.05) is 12.7 Å². The van der Waals surface area contributed by atoms with Crippen molar-refractivity contribution in [2.24, 2.45) is 5.73 Å². The number of anilines is 2. The fourth-order valence-electron chi connectivity index (χ4n) is 3.39. The van der Waals surface area contributed by atoms with Crippen molar-refractivity contribution in [1.29, 1.82) is 0 Å². The summed E-state index contributed by atoms with van der Waals surface area (Å²) in [5.74, 6) is -1.03. The number of imidazole rings is 1. The lowest BCUT2D eigenvalue weighted by molar-refractivity contribution is 0.102. The Bertz CT molecular complexity index is 1300. The highest BCUT2D eigenvalue weighted by Crippen LogP contribution is 2.27. The van der Waals surface area contributed by atoms with E-state index in [1.807, 2.05) is 24.3 Å². The van der Waals surface area contributed by atoms with Gasteiger partial charge in [0.1, 0.15) is 23.9 Å². The first-order chi connectivity index (χ1) is 15.5. The van der Waals surface area contributed by atoms with Gasteiger partial charge in [0.25, 0.3) is 5.91 Å². The molecule has 4 aromatic rings. The van der Waals surface area contributed by atoms with Crippen LogP contribution in [0, 0.1) is 5.82 Å². The van der Waals surface area contributed by atoms with Crippen LogP contribution < -0.4 is 16.0 Å². The van der Waals surface area contributed by atoms with Crippen LogP contribution in [0.2, 0.25) is 0 Å². The molecule has 1 atom stereocenters. The summed E-state index contributed by atoms with van der Waals surface area (Å²) in [5, 5.41) is 3.17. The van der Waals surface area contributed by atoms with Crippen LogP contribution in [0.25, 0.3) is 15.9 Å². The van der Waals surface area contributed by atoms with Gasteiger partial charge in [-0.3, -0.25) is 15.0 Å². The summed E-state index contributed by atoms with van der Waals surface area (Å²) < 4.78 is 22.3. The smallest absolute Gasteiger partial charge is 0.414 e. The zero-order valence-electron chi connectivity index (χ0n) is 16.6. The molecular weight excluding hydrogens is 435 g/mol. The van der Waals surface area contributed by atoms with E-state index >= 15 is 0 Å². The molecule has 5 rings (SSSR count). The summed E-state index contributed by atoms with van der Waals surface area (Å²) in [6.07, 6.45) is 1.79. The molecule has 1 saturated heterocycles. The maximum absolute atomic E-state index is 14.8. The molecule has 0 aliphatic carbocycles. The molecule has 0 spiro atoms. The van der Waals surface area contributed by atoms with Crippen LogP contribution in [-0.4, -0.2) is 45.7 Å². The highest BCUT2D eigenvalue weighted by Gasteiger charge is 2.31. The first-order valence-electron chi connectivity index (χ1n) is 9.71. The number of hydrogen-bond donors (Lipinski definition) is 2. The fraction of sp³-hybridized carbons (Fsp3) is 0.143. The SMILES string of the molecule is NC[C@H]1CN(c2ccc(-n3cnc(C(=O)Nc4nc5ccccc5s4)c3)c(F)c2)C(=O)O1. The second-order valence-corrected chi connectivity index (χ2v) is 8.13. The van der Waals surface area contributed by atoms with Crippen LogP contribution in [0.1, 0.15) is 10.5 Å². The van der Waals surface area contributed by atoms with Gasteiger partial charge in [-0.2, -0.15) is 0 Å². The second kappa shape index (κ2) is 8.02. The quantitative estimate of drug-likeness (QED) is 0.481. The molecule has 32 heavy (non-hydrogen) atoms. The van der Waals surface area contributed by atoms with Gasteiger partial charge in [-0.15, -0.1) is 0 Å². The summed E-state index contributed by atoms with van der Waals surface area (Å²) in [7, 11) is 0. The number of thiazole rings is 1. The average molecular weight is 452 g/mol. The predicted molar refractivity (Wildman–Crippen MR) is 118 cm³/mol. The second-order valence-electron chi connectivity index (χ2n) is 7.09. The standard InChI is InChI=1S/C21H17FN6O3S/c22-14-7-12(28-9-13(8-23)31-21(28)30)5-6-17(14)27-10-16(24-11-27)19(29)26-20-25-15-3-1-2-4-18(15)32-20/h1-7,10-11,13H,8-9,23H2,(H,25,26,29)/t13-/m0/s1. The third-order valence-electron chi connectivity index (χ3n) is 4.99. The molecule has 2 aromatic carbocycles. The Morgan fingerprint density at radius 1 is 1.31 bits per heavy atom. The Balaban J connectivity index is 1.33. The number of amides is 2. The minimum absolute atomic E-state index is 0.113. The largest absolute Gasteiger partial charge is 0.443 e. The lowest BCUT2D eigenvalue weighted by Gasteiger charge is -2.14. The molecule has 0 bridgehead atoms. The number of carbonyl (C=O) groups excluding carboxylic acids is 2. The van der Waals surface area contributed by atoms with Gasteiger partial charge in [-0.25, -0.2) is 19.2 Å². The number of ether oxygens (including phenoxy) is 1. The molecule has 2 aromatic heterocycles. The first-order valence-corrected chi connectivity index (χ1v) is 10.5. The van der Waals surface area contributed by atoms with E-state index < -0.39 is 23.9 Å². The molecule has 9 nitrogen and oxygen atoms in total. The summed E-state index contributed by atoms with van der Waals surface area (Å²) in [6, 6.07) is 11.9. The molecule has 0 radical (unpaired) electrons. The number of rotatable bonds is 5. The van der Waals surface area contributed by atoms with E-state index in [2.05, 4.69) is 15.3 Å². The van der Waals surface area contributed by atoms with Gasteiger partial charge < -0.3 is 15.0 Å². The Hall–Kier alpha value is -3.83. The lowest BCUT2D eigenvalue weighted by Crippen LogP contribution is -2.27. The maximum Gasteiger partial charge on any atom is 0.414 e. The Labute approximate surface area is 185 Å². The number of para-hydroxylation sites is 1. The summed E-state index contributed by atoms with van der Waals surface area (Å²) >= 11 is 1.35. The van der Waals surface area contributed by atoms with Gasteiger partial charge in [0.05, 0.1) is 28.1 Å². The number of fused-ring (bicyclic) bond motifs is 1. The highest BCUT2D eigenvalue weighted by atomic mass is 32.1. The van der Waals surface area contributed by atoms with E-state index in [4.69, 9.17) is 10.5 Å². The molecule has 3 heterocycles. The van der Waals surface area contributed by atoms with Crippen molar-refractivity contribution >= 4 is 44.4 Å². The van der Waals surface area contributed by atoms with Crippen molar-refractivity contribution in [2.45, 2.75) is 6.10 Å². The van der Waals surface area contributed by atoms with Crippen molar-refractivity contribution in [3.05, 3.63) is 66.5 Å². The van der Waals surface area contributed by atoms with Crippen LogP contribution in [0.3, 0.4) is 0 Å². The van der Waals surface area contributed by atoms with Crippen LogP contribution in [0.4, 0.5) is 20.0 Å². The van der Waals surface area contributed by atoms with Crippen molar-refractivity contribution in [3.63, 3.8) is 0 Å². The number of aromatic nitrogens is 3. The van der Waals surface area contributed by atoms with E-state index in [0.29, 0.717) is 10.8 Å². The number of halogens is 1. The molecule has 11 heteroatoms. The average Bonchev–Trinajstić information content (AvgIpc) is 3.51. The van der Waals surface area contributed by atoms with E-state index in [1.54, 1.807) is 6.07 Å². The highest BCUT2D eigenvalue weighted by molar-refractivity contribution is 7.22. The van der Waals surface area contributed by atoms with Crippen LogP contribution in [-0.2, 0) is 4.74 Å². The zero-order valence-corrected chi connectivity index (χ0v) is 17.4. The zero-order chi connectivity index (χ0) is 22.2. The molecule has 0 saturated carbocycles. The molecule has 1 fully saturated rings. The topological polar surface area (TPSA) is 115 Å². The Kier molecular flexibility index (Phi) is 5.04. The van der Waals surface area contributed by atoms with Gasteiger partial charge in [0.15, 0.2) is 5.13 Å². The molecule has 1 aliphatic heterocycles. The Morgan fingerprint density at radius 3 is 2.91 bits per heavy atom. The number of nitrogens with zero attached hydrogens (tertiary/aromatic N) is 4. The minimum Gasteiger partial charge on any atom is -0.443 e. The molecule has 0 unspecified atom stereocenters.